The molecule has 110 valence electrons. The van der Waals surface area contributed by atoms with Crippen molar-refractivity contribution in [3.63, 3.8) is 0 Å². The first-order chi connectivity index (χ1) is 9.40. The summed E-state index contributed by atoms with van der Waals surface area (Å²) >= 11 is 0. The van der Waals surface area contributed by atoms with Crippen LogP contribution < -0.4 is 10.5 Å². The SMILES string of the molecule is Nc1cc(C(=O)O)ccc1S(=O)(=O)NCC1CCOC1. The maximum Gasteiger partial charge on any atom is 0.335 e. The first-order valence-corrected chi connectivity index (χ1v) is 7.58. The van der Waals surface area contributed by atoms with Crippen molar-refractivity contribution in [3.05, 3.63) is 23.8 Å². The van der Waals surface area contributed by atoms with Gasteiger partial charge in [-0.2, -0.15) is 0 Å². The Morgan fingerprint density at radius 3 is 2.80 bits per heavy atom. The lowest BCUT2D eigenvalue weighted by molar-refractivity contribution is 0.0697. The topological polar surface area (TPSA) is 119 Å². The number of anilines is 1. The van der Waals surface area contributed by atoms with Crippen molar-refractivity contribution >= 4 is 21.7 Å². The fraction of sp³-hybridized carbons (Fsp3) is 0.417. The predicted octanol–water partition coefficient (Wildman–Crippen LogP) is 0.282. The average Bonchev–Trinajstić information content (AvgIpc) is 2.89. The van der Waals surface area contributed by atoms with Gasteiger partial charge in [-0.3, -0.25) is 0 Å². The molecule has 20 heavy (non-hydrogen) atoms. The first-order valence-electron chi connectivity index (χ1n) is 6.10. The van der Waals surface area contributed by atoms with Crippen molar-refractivity contribution in [2.75, 3.05) is 25.5 Å². The minimum Gasteiger partial charge on any atom is -0.478 e. The molecule has 8 heteroatoms. The summed E-state index contributed by atoms with van der Waals surface area (Å²) in [6.45, 7) is 1.46. The number of rotatable bonds is 5. The second-order valence-electron chi connectivity index (χ2n) is 4.64. The average molecular weight is 300 g/mol. The van der Waals surface area contributed by atoms with Gasteiger partial charge in [0, 0.05) is 13.2 Å². The van der Waals surface area contributed by atoms with Crippen LogP contribution in [0.3, 0.4) is 0 Å². The van der Waals surface area contributed by atoms with E-state index in [4.69, 9.17) is 15.6 Å². The zero-order valence-electron chi connectivity index (χ0n) is 10.7. The summed E-state index contributed by atoms with van der Waals surface area (Å²) in [6, 6.07) is 3.55. The molecule has 1 fully saturated rings. The number of ether oxygens (including phenoxy) is 1. The van der Waals surface area contributed by atoms with E-state index in [1.165, 1.54) is 12.1 Å². The van der Waals surface area contributed by atoms with Crippen molar-refractivity contribution < 1.29 is 23.1 Å². The van der Waals surface area contributed by atoms with Crippen molar-refractivity contribution in [2.45, 2.75) is 11.3 Å². The highest BCUT2D eigenvalue weighted by Gasteiger charge is 2.22. The Kier molecular flexibility index (Phi) is 4.26. The van der Waals surface area contributed by atoms with Crippen LogP contribution in [0.1, 0.15) is 16.8 Å². The molecule has 0 spiro atoms. The number of carbonyl (C=O) groups is 1. The molecule has 1 atom stereocenters. The summed E-state index contributed by atoms with van der Waals surface area (Å²) in [5.41, 5.74) is 5.49. The van der Waals surface area contributed by atoms with E-state index in [1.807, 2.05) is 0 Å². The van der Waals surface area contributed by atoms with Gasteiger partial charge in [-0.25, -0.2) is 17.9 Å². The number of hydrogen-bond donors (Lipinski definition) is 3. The molecule has 2 rings (SSSR count). The summed E-state index contributed by atoms with van der Waals surface area (Å²) in [6.07, 6.45) is 0.815. The molecule has 1 unspecified atom stereocenters. The monoisotopic (exact) mass is 300 g/mol. The lowest BCUT2D eigenvalue weighted by atomic mass is 10.1. The third kappa shape index (κ3) is 3.27. The van der Waals surface area contributed by atoms with E-state index < -0.39 is 16.0 Å². The van der Waals surface area contributed by atoms with E-state index in [-0.39, 0.29) is 28.6 Å². The Bertz CT molecular complexity index is 608. The van der Waals surface area contributed by atoms with E-state index in [0.29, 0.717) is 13.2 Å². The molecule has 0 aromatic heterocycles. The highest BCUT2D eigenvalue weighted by Crippen LogP contribution is 2.20. The lowest BCUT2D eigenvalue weighted by Gasteiger charge is -2.12. The maximum absolute atomic E-state index is 12.1. The number of nitrogens with two attached hydrogens (primary N) is 1. The van der Waals surface area contributed by atoms with Crippen LogP contribution in [0.15, 0.2) is 23.1 Å². The molecule has 1 aliphatic heterocycles. The van der Waals surface area contributed by atoms with E-state index >= 15 is 0 Å². The van der Waals surface area contributed by atoms with Gasteiger partial charge in [0.2, 0.25) is 10.0 Å². The maximum atomic E-state index is 12.1. The van der Waals surface area contributed by atoms with Crippen molar-refractivity contribution in [3.8, 4) is 0 Å². The summed E-state index contributed by atoms with van der Waals surface area (Å²) in [4.78, 5) is 10.7. The number of carboxylic acids is 1. The minimum atomic E-state index is -3.74. The second-order valence-corrected chi connectivity index (χ2v) is 6.37. The number of nitrogens with one attached hydrogen (secondary N) is 1. The van der Waals surface area contributed by atoms with Crippen LogP contribution in [0.4, 0.5) is 5.69 Å². The Morgan fingerprint density at radius 2 is 2.25 bits per heavy atom. The van der Waals surface area contributed by atoms with Crippen LogP contribution >= 0.6 is 0 Å². The largest absolute Gasteiger partial charge is 0.478 e. The van der Waals surface area contributed by atoms with Gasteiger partial charge in [-0.1, -0.05) is 0 Å². The van der Waals surface area contributed by atoms with Crippen LogP contribution in [0.5, 0.6) is 0 Å². The molecule has 1 saturated heterocycles. The molecule has 1 heterocycles. The van der Waals surface area contributed by atoms with Crippen LogP contribution in [-0.2, 0) is 14.8 Å². The Labute approximate surface area is 116 Å². The Hall–Kier alpha value is -1.64. The third-order valence-electron chi connectivity index (χ3n) is 3.13. The zero-order valence-corrected chi connectivity index (χ0v) is 11.5. The number of carboxylic acid groups (broad SMARTS) is 1. The van der Waals surface area contributed by atoms with Crippen LogP contribution in [0, 0.1) is 5.92 Å². The number of hydrogen-bond acceptors (Lipinski definition) is 5. The standard InChI is InChI=1S/C12H16N2O5S/c13-10-5-9(12(15)16)1-2-11(10)20(17,18)14-6-8-3-4-19-7-8/h1-2,5,8,14H,3-4,6-7,13H2,(H,15,16). The summed E-state index contributed by atoms with van der Waals surface area (Å²) < 4.78 is 31.9. The van der Waals surface area contributed by atoms with E-state index in [2.05, 4.69) is 4.72 Å². The molecule has 0 amide bonds. The van der Waals surface area contributed by atoms with Gasteiger partial charge < -0.3 is 15.6 Å². The smallest absolute Gasteiger partial charge is 0.335 e. The van der Waals surface area contributed by atoms with Gasteiger partial charge in [0.05, 0.1) is 17.9 Å². The van der Waals surface area contributed by atoms with Gasteiger partial charge in [-0.05, 0) is 30.5 Å². The number of aromatic carboxylic acids is 1. The number of sulfonamides is 1. The van der Waals surface area contributed by atoms with E-state index in [9.17, 15) is 13.2 Å². The normalized spacial score (nSPS) is 19.1. The molecule has 4 N–H and O–H groups in total. The fourth-order valence-electron chi connectivity index (χ4n) is 1.98. The van der Waals surface area contributed by atoms with Crippen LogP contribution in [0.2, 0.25) is 0 Å². The molecule has 1 aromatic rings. The van der Waals surface area contributed by atoms with Gasteiger partial charge in [0.15, 0.2) is 0 Å². The second kappa shape index (κ2) is 5.78. The Morgan fingerprint density at radius 1 is 1.50 bits per heavy atom. The summed E-state index contributed by atoms with van der Waals surface area (Å²) in [5, 5.41) is 8.82. The number of nitrogen functional groups attached to an aromatic ring is 1. The number of benzene rings is 1. The summed E-state index contributed by atoms with van der Waals surface area (Å²) in [5.74, 6) is -0.999. The van der Waals surface area contributed by atoms with Gasteiger partial charge >= 0.3 is 5.97 Å². The molecule has 7 nitrogen and oxygen atoms in total. The molecule has 1 aliphatic rings. The first kappa shape index (κ1) is 14.8. The van der Waals surface area contributed by atoms with Crippen molar-refractivity contribution in [1.29, 1.82) is 0 Å². The van der Waals surface area contributed by atoms with Crippen LogP contribution in [0.25, 0.3) is 0 Å². The van der Waals surface area contributed by atoms with Gasteiger partial charge in [-0.15, -0.1) is 0 Å². The molecule has 0 bridgehead atoms. The fourth-order valence-corrected chi connectivity index (χ4v) is 3.20. The third-order valence-corrected chi connectivity index (χ3v) is 4.63. The molecular formula is C12H16N2O5S. The predicted molar refractivity (Wildman–Crippen MR) is 71.9 cm³/mol. The minimum absolute atomic E-state index is 0.0503. The summed E-state index contributed by atoms with van der Waals surface area (Å²) in [7, 11) is -3.74. The highest BCUT2D eigenvalue weighted by atomic mass is 32.2. The van der Waals surface area contributed by atoms with Crippen molar-refractivity contribution in [2.24, 2.45) is 5.92 Å². The molecular weight excluding hydrogens is 284 g/mol. The molecule has 0 radical (unpaired) electrons. The van der Waals surface area contributed by atoms with Crippen molar-refractivity contribution in [1.82, 2.24) is 4.72 Å². The van der Waals surface area contributed by atoms with Crippen LogP contribution in [-0.4, -0.2) is 39.3 Å². The van der Waals surface area contributed by atoms with E-state index in [1.54, 1.807) is 0 Å². The molecule has 1 aromatic carbocycles. The molecule has 0 aliphatic carbocycles. The zero-order chi connectivity index (χ0) is 14.8. The van der Waals surface area contributed by atoms with Gasteiger partial charge in [0.25, 0.3) is 0 Å². The van der Waals surface area contributed by atoms with Gasteiger partial charge in [0.1, 0.15) is 4.90 Å². The highest BCUT2D eigenvalue weighted by molar-refractivity contribution is 7.89. The Balaban J connectivity index is 2.14. The molecule has 0 saturated carbocycles. The van der Waals surface area contributed by atoms with E-state index in [0.717, 1.165) is 12.5 Å². The quantitative estimate of drug-likeness (QED) is 0.672. The lowest BCUT2D eigenvalue weighted by Crippen LogP contribution is -2.30.